The third-order valence-electron chi connectivity index (χ3n) is 2.75. The number of aromatic nitrogens is 1. The van der Waals surface area contributed by atoms with Crippen molar-refractivity contribution < 1.29 is 9.50 Å². The molecule has 1 heterocycles. The van der Waals surface area contributed by atoms with E-state index in [2.05, 4.69) is 10.3 Å². The van der Waals surface area contributed by atoms with Crippen LogP contribution < -0.4 is 5.32 Å². The SMILES string of the molecule is Oc1ccc(CNc2nc3ccccc3s2)cc1F. The van der Waals surface area contributed by atoms with E-state index in [9.17, 15) is 4.39 Å². The summed E-state index contributed by atoms with van der Waals surface area (Å²) in [5.41, 5.74) is 1.71. The van der Waals surface area contributed by atoms with E-state index < -0.39 is 5.82 Å². The molecular weight excluding hydrogens is 263 g/mol. The summed E-state index contributed by atoms with van der Waals surface area (Å²) in [6, 6.07) is 12.2. The molecule has 0 amide bonds. The fourth-order valence-electron chi connectivity index (χ4n) is 1.79. The Morgan fingerprint density at radius 2 is 2.05 bits per heavy atom. The second-order valence-electron chi connectivity index (χ2n) is 4.13. The van der Waals surface area contributed by atoms with Crippen LogP contribution in [-0.4, -0.2) is 10.1 Å². The van der Waals surface area contributed by atoms with Crippen molar-refractivity contribution in [3.8, 4) is 5.75 Å². The molecule has 2 N–H and O–H groups in total. The first-order chi connectivity index (χ1) is 9.22. The van der Waals surface area contributed by atoms with Crippen LogP contribution in [0.3, 0.4) is 0 Å². The van der Waals surface area contributed by atoms with Gasteiger partial charge in [0, 0.05) is 6.54 Å². The zero-order valence-electron chi connectivity index (χ0n) is 9.93. The van der Waals surface area contributed by atoms with Crippen molar-refractivity contribution in [2.24, 2.45) is 0 Å². The lowest BCUT2D eigenvalue weighted by Gasteiger charge is -2.03. The van der Waals surface area contributed by atoms with Gasteiger partial charge in [0.15, 0.2) is 16.7 Å². The van der Waals surface area contributed by atoms with E-state index in [1.807, 2.05) is 24.3 Å². The molecule has 0 aliphatic carbocycles. The van der Waals surface area contributed by atoms with Crippen LogP contribution in [0.2, 0.25) is 0 Å². The molecule has 3 aromatic rings. The molecule has 0 fully saturated rings. The van der Waals surface area contributed by atoms with Crippen molar-refractivity contribution in [3.63, 3.8) is 0 Å². The van der Waals surface area contributed by atoms with Crippen molar-refractivity contribution in [3.05, 3.63) is 53.8 Å². The number of thiazole rings is 1. The molecule has 0 atom stereocenters. The number of phenolic OH excluding ortho intramolecular Hbond substituents is 1. The van der Waals surface area contributed by atoms with E-state index in [-0.39, 0.29) is 5.75 Å². The summed E-state index contributed by atoms with van der Waals surface area (Å²) in [5, 5.41) is 13.1. The summed E-state index contributed by atoms with van der Waals surface area (Å²) in [6.45, 7) is 0.469. The lowest BCUT2D eigenvalue weighted by molar-refractivity contribution is 0.432. The van der Waals surface area contributed by atoms with Crippen LogP contribution in [0, 0.1) is 5.82 Å². The Kier molecular flexibility index (Phi) is 3.05. The number of benzene rings is 2. The minimum Gasteiger partial charge on any atom is -0.505 e. The van der Waals surface area contributed by atoms with E-state index >= 15 is 0 Å². The summed E-state index contributed by atoms with van der Waals surface area (Å²) in [7, 11) is 0. The fourth-order valence-corrected chi connectivity index (χ4v) is 2.65. The van der Waals surface area contributed by atoms with Gasteiger partial charge in [-0.05, 0) is 29.8 Å². The van der Waals surface area contributed by atoms with Crippen molar-refractivity contribution in [2.45, 2.75) is 6.54 Å². The fraction of sp³-hybridized carbons (Fsp3) is 0.0714. The van der Waals surface area contributed by atoms with Gasteiger partial charge in [0.25, 0.3) is 0 Å². The van der Waals surface area contributed by atoms with E-state index in [0.29, 0.717) is 6.54 Å². The van der Waals surface area contributed by atoms with Gasteiger partial charge in [0.05, 0.1) is 10.2 Å². The van der Waals surface area contributed by atoms with Crippen LogP contribution in [0.15, 0.2) is 42.5 Å². The quantitative estimate of drug-likeness (QED) is 0.764. The van der Waals surface area contributed by atoms with Crippen LogP contribution in [0.1, 0.15) is 5.56 Å². The molecular formula is C14H11FN2OS. The number of para-hydroxylation sites is 1. The largest absolute Gasteiger partial charge is 0.505 e. The van der Waals surface area contributed by atoms with Crippen molar-refractivity contribution >= 4 is 26.7 Å². The number of nitrogens with zero attached hydrogens (tertiary/aromatic N) is 1. The van der Waals surface area contributed by atoms with Gasteiger partial charge < -0.3 is 10.4 Å². The molecule has 0 bridgehead atoms. The first-order valence-electron chi connectivity index (χ1n) is 5.79. The Balaban J connectivity index is 1.76. The number of fused-ring (bicyclic) bond motifs is 1. The van der Waals surface area contributed by atoms with Gasteiger partial charge in [-0.15, -0.1) is 0 Å². The first-order valence-corrected chi connectivity index (χ1v) is 6.61. The van der Waals surface area contributed by atoms with Crippen molar-refractivity contribution in [1.29, 1.82) is 0 Å². The lowest BCUT2D eigenvalue weighted by atomic mass is 10.2. The molecule has 0 unspecified atom stereocenters. The Morgan fingerprint density at radius 1 is 1.21 bits per heavy atom. The summed E-state index contributed by atoms with van der Waals surface area (Å²) < 4.78 is 14.3. The topological polar surface area (TPSA) is 45.1 Å². The smallest absolute Gasteiger partial charge is 0.184 e. The zero-order valence-corrected chi connectivity index (χ0v) is 10.7. The highest BCUT2D eigenvalue weighted by molar-refractivity contribution is 7.22. The van der Waals surface area contributed by atoms with Crippen LogP contribution >= 0.6 is 11.3 Å². The van der Waals surface area contributed by atoms with Gasteiger partial charge >= 0.3 is 0 Å². The van der Waals surface area contributed by atoms with Crippen molar-refractivity contribution in [1.82, 2.24) is 4.98 Å². The third kappa shape index (κ3) is 2.51. The molecule has 2 aromatic carbocycles. The highest BCUT2D eigenvalue weighted by atomic mass is 32.1. The molecule has 0 radical (unpaired) electrons. The number of aromatic hydroxyl groups is 1. The Labute approximate surface area is 113 Å². The maximum Gasteiger partial charge on any atom is 0.184 e. The minimum absolute atomic E-state index is 0.330. The third-order valence-corrected chi connectivity index (χ3v) is 3.74. The van der Waals surface area contributed by atoms with E-state index in [0.717, 1.165) is 20.9 Å². The Bertz CT molecular complexity index is 693. The number of anilines is 1. The Hall–Kier alpha value is -2.14. The van der Waals surface area contributed by atoms with Crippen LogP contribution in [0.5, 0.6) is 5.75 Å². The van der Waals surface area contributed by atoms with E-state index in [1.165, 1.54) is 12.1 Å². The molecule has 0 spiro atoms. The molecule has 1 aromatic heterocycles. The lowest BCUT2D eigenvalue weighted by Crippen LogP contribution is -1.99. The average molecular weight is 274 g/mol. The zero-order chi connectivity index (χ0) is 13.2. The molecule has 96 valence electrons. The van der Waals surface area contributed by atoms with Crippen LogP contribution in [-0.2, 0) is 6.54 Å². The summed E-state index contributed by atoms with van der Waals surface area (Å²) in [5.74, 6) is -0.938. The molecule has 3 rings (SSSR count). The molecule has 0 aliphatic rings. The molecule has 0 saturated heterocycles. The molecule has 0 aliphatic heterocycles. The normalized spacial score (nSPS) is 10.8. The van der Waals surface area contributed by atoms with Gasteiger partial charge in [0.1, 0.15) is 0 Å². The Morgan fingerprint density at radius 3 is 2.84 bits per heavy atom. The second-order valence-corrected chi connectivity index (χ2v) is 5.16. The van der Waals surface area contributed by atoms with Crippen LogP contribution in [0.25, 0.3) is 10.2 Å². The molecule has 5 heteroatoms. The molecule has 0 saturated carbocycles. The van der Waals surface area contributed by atoms with Gasteiger partial charge in [0.2, 0.25) is 0 Å². The maximum absolute atomic E-state index is 13.2. The number of rotatable bonds is 3. The van der Waals surface area contributed by atoms with Crippen molar-refractivity contribution in [2.75, 3.05) is 5.32 Å². The maximum atomic E-state index is 13.2. The number of phenols is 1. The number of hydrogen-bond donors (Lipinski definition) is 2. The summed E-state index contributed by atoms with van der Waals surface area (Å²) in [6.07, 6.45) is 0. The van der Waals surface area contributed by atoms with Crippen LogP contribution in [0.4, 0.5) is 9.52 Å². The van der Waals surface area contributed by atoms with E-state index in [1.54, 1.807) is 17.4 Å². The monoisotopic (exact) mass is 274 g/mol. The second kappa shape index (κ2) is 4.85. The minimum atomic E-state index is -0.608. The molecule has 19 heavy (non-hydrogen) atoms. The highest BCUT2D eigenvalue weighted by Gasteiger charge is 2.04. The summed E-state index contributed by atoms with van der Waals surface area (Å²) in [4.78, 5) is 4.43. The summed E-state index contributed by atoms with van der Waals surface area (Å²) >= 11 is 1.56. The van der Waals surface area contributed by atoms with Gasteiger partial charge in [-0.3, -0.25) is 0 Å². The highest BCUT2D eigenvalue weighted by Crippen LogP contribution is 2.26. The standard InChI is InChI=1S/C14H11FN2OS/c15-10-7-9(5-6-12(10)18)8-16-14-17-11-3-1-2-4-13(11)19-14/h1-7,18H,8H2,(H,16,17). The predicted molar refractivity (Wildman–Crippen MR) is 75.0 cm³/mol. The van der Waals surface area contributed by atoms with Gasteiger partial charge in [-0.1, -0.05) is 29.5 Å². The van der Waals surface area contributed by atoms with E-state index in [4.69, 9.17) is 5.11 Å². The number of nitrogens with one attached hydrogen (secondary N) is 1. The van der Waals surface area contributed by atoms with Gasteiger partial charge in [-0.25, -0.2) is 9.37 Å². The average Bonchev–Trinajstić information content (AvgIpc) is 2.83. The molecule has 3 nitrogen and oxygen atoms in total. The predicted octanol–water partition coefficient (Wildman–Crippen LogP) is 3.75. The number of halogens is 1. The number of hydrogen-bond acceptors (Lipinski definition) is 4. The first kappa shape index (κ1) is 11.9. The van der Waals surface area contributed by atoms with Gasteiger partial charge in [-0.2, -0.15) is 0 Å².